The van der Waals surface area contributed by atoms with Crippen molar-refractivity contribution in [2.45, 2.75) is 33.6 Å². The van der Waals surface area contributed by atoms with E-state index in [-0.39, 0.29) is 11.7 Å². The zero-order chi connectivity index (χ0) is 17.6. The van der Waals surface area contributed by atoms with Crippen LogP contribution in [0.25, 0.3) is 0 Å². The van der Waals surface area contributed by atoms with E-state index in [1.54, 1.807) is 11.8 Å². The van der Waals surface area contributed by atoms with E-state index in [9.17, 15) is 19.5 Å². The van der Waals surface area contributed by atoms with Crippen LogP contribution in [0.3, 0.4) is 0 Å². The topological polar surface area (TPSA) is 74.7 Å². The maximum atomic E-state index is 12.8. The molecule has 1 saturated carbocycles. The number of hydrogen-bond donors (Lipinski definition) is 1. The molecule has 0 bridgehead atoms. The van der Waals surface area contributed by atoms with Crippen LogP contribution >= 0.6 is 0 Å². The first-order valence-corrected chi connectivity index (χ1v) is 8.38. The highest BCUT2D eigenvalue weighted by molar-refractivity contribution is 5.94. The second-order valence-electron chi connectivity index (χ2n) is 7.48. The SMILES string of the molecule is CC(=O)c1ccc2c(c1)CCN(C(=O)[C@@H]1[C@H](C(=O)O)C1(C)C)CC2. The highest BCUT2D eigenvalue weighted by Crippen LogP contribution is 2.59. The van der Waals surface area contributed by atoms with Gasteiger partial charge in [0, 0.05) is 18.7 Å². The molecule has 3 rings (SSSR count). The van der Waals surface area contributed by atoms with E-state index in [0.29, 0.717) is 25.1 Å². The normalized spacial score (nSPS) is 24.7. The number of Topliss-reactive ketones (excluding diaryl/α,β-unsaturated/α-hetero) is 1. The molecule has 128 valence electrons. The maximum absolute atomic E-state index is 12.8. The molecular weight excluding hydrogens is 306 g/mol. The van der Waals surface area contributed by atoms with E-state index in [1.165, 1.54) is 5.56 Å². The Kier molecular flexibility index (Phi) is 3.98. The lowest BCUT2D eigenvalue weighted by molar-refractivity contribution is -0.142. The molecule has 1 aromatic rings. The Morgan fingerprint density at radius 3 is 2.25 bits per heavy atom. The van der Waals surface area contributed by atoms with Crippen LogP contribution in [0.1, 0.15) is 42.3 Å². The molecule has 1 heterocycles. The van der Waals surface area contributed by atoms with Gasteiger partial charge in [-0.1, -0.05) is 26.0 Å². The molecular formula is C19H23NO4. The Hall–Kier alpha value is -2.17. The fourth-order valence-corrected chi connectivity index (χ4v) is 3.92. The largest absolute Gasteiger partial charge is 0.481 e. The van der Waals surface area contributed by atoms with Crippen LogP contribution in [0.5, 0.6) is 0 Å². The zero-order valence-electron chi connectivity index (χ0n) is 14.3. The van der Waals surface area contributed by atoms with Crippen LogP contribution in [0.15, 0.2) is 18.2 Å². The fraction of sp³-hybridized carbons (Fsp3) is 0.526. The molecule has 2 aliphatic rings. The average Bonchev–Trinajstić information content (AvgIpc) is 3.16. The summed E-state index contributed by atoms with van der Waals surface area (Å²) in [7, 11) is 0. The Morgan fingerprint density at radius 1 is 1.08 bits per heavy atom. The molecule has 1 fully saturated rings. The minimum atomic E-state index is -0.887. The first-order valence-electron chi connectivity index (χ1n) is 8.38. The first kappa shape index (κ1) is 16.7. The summed E-state index contributed by atoms with van der Waals surface area (Å²) < 4.78 is 0. The molecule has 5 heteroatoms. The van der Waals surface area contributed by atoms with Gasteiger partial charge in [-0.3, -0.25) is 14.4 Å². The van der Waals surface area contributed by atoms with E-state index in [1.807, 2.05) is 32.0 Å². The molecule has 0 aromatic heterocycles. The van der Waals surface area contributed by atoms with Crippen molar-refractivity contribution in [3.8, 4) is 0 Å². The Morgan fingerprint density at radius 2 is 1.71 bits per heavy atom. The second-order valence-corrected chi connectivity index (χ2v) is 7.48. The lowest BCUT2D eigenvalue weighted by Crippen LogP contribution is -2.35. The third-order valence-corrected chi connectivity index (χ3v) is 5.59. The summed E-state index contributed by atoms with van der Waals surface area (Å²) in [5, 5.41) is 9.28. The number of amides is 1. The third kappa shape index (κ3) is 2.72. The molecule has 1 N–H and O–H groups in total. The molecule has 0 saturated heterocycles. The lowest BCUT2D eigenvalue weighted by Gasteiger charge is -2.21. The number of fused-ring (bicyclic) bond motifs is 1. The van der Waals surface area contributed by atoms with Crippen LogP contribution in [-0.4, -0.2) is 40.8 Å². The van der Waals surface area contributed by atoms with Crippen molar-refractivity contribution in [2.75, 3.05) is 13.1 Å². The van der Waals surface area contributed by atoms with Gasteiger partial charge in [0.1, 0.15) is 0 Å². The lowest BCUT2D eigenvalue weighted by atomic mass is 9.99. The van der Waals surface area contributed by atoms with Crippen molar-refractivity contribution in [3.63, 3.8) is 0 Å². The standard InChI is InChI=1S/C19H23NO4/c1-11(21)13-5-4-12-6-8-20(9-7-14(12)10-13)17(22)15-16(18(23)24)19(15,2)3/h4-5,10,15-16H,6-9H2,1-3H3,(H,23,24)/t15-,16+/m0/s1. The first-order chi connectivity index (χ1) is 11.2. The van der Waals surface area contributed by atoms with Crippen molar-refractivity contribution < 1.29 is 19.5 Å². The molecule has 0 spiro atoms. The van der Waals surface area contributed by atoms with Crippen LogP contribution < -0.4 is 0 Å². The summed E-state index contributed by atoms with van der Waals surface area (Å²) in [5.74, 6) is -1.91. The Bertz CT molecular complexity index is 722. The van der Waals surface area contributed by atoms with Gasteiger partial charge >= 0.3 is 5.97 Å². The number of ketones is 1. The zero-order valence-corrected chi connectivity index (χ0v) is 14.3. The Balaban J connectivity index is 1.74. The second kappa shape index (κ2) is 5.72. The van der Waals surface area contributed by atoms with Gasteiger partial charge in [-0.25, -0.2) is 0 Å². The molecule has 24 heavy (non-hydrogen) atoms. The summed E-state index contributed by atoms with van der Waals surface area (Å²) in [6.07, 6.45) is 1.44. The molecule has 1 aromatic carbocycles. The monoisotopic (exact) mass is 329 g/mol. The highest BCUT2D eigenvalue weighted by Gasteiger charge is 2.66. The molecule has 1 amide bonds. The Labute approximate surface area is 141 Å². The van der Waals surface area contributed by atoms with Gasteiger partial charge in [-0.05, 0) is 42.4 Å². The number of carboxylic acid groups (broad SMARTS) is 1. The predicted octanol–water partition coefficient (Wildman–Crippen LogP) is 2.17. The van der Waals surface area contributed by atoms with Gasteiger partial charge in [0.05, 0.1) is 11.8 Å². The molecule has 0 radical (unpaired) electrons. The van der Waals surface area contributed by atoms with Gasteiger partial charge in [0.25, 0.3) is 0 Å². The fourth-order valence-electron chi connectivity index (χ4n) is 3.92. The summed E-state index contributed by atoms with van der Waals surface area (Å²) in [6, 6.07) is 5.73. The number of hydrogen-bond acceptors (Lipinski definition) is 3. The number of carboxylic acids is 1. The van der Waals surface area contributed by atoms with Crippen LogP contribution in [0.4, 0.5) is 0 Å². The summed E-state index contributed by atoms with van der Waals surface area (Å²) >= 11 is 0. The summed E-state index contributed by atoms with van der Waals surface area (Å²) in [4.78, 5) is 37.4. The number of carbonyl (C=O) groups excluding carboxylic acids is 2. The number of rotatable bonds is 3. The quantitative estimate of drug-likeness (QED) is 0.863. The van der Waals surface area contributed by atoms with Crippen LogP contribution in [-0.2, 0) is 22.4 Å². The van der Waals surface area contributed by atoms with Crippen molar-refractivity contribution in [3.05, 3.63) is 34.9 Å². The average molecular weight is 329 g/mol. The molecule has 5 nitrogen and oxygen atoms in total. The van der Waals surface area contributed by atoms with Gasteiger partial charge in [0.2, 0.25) is 5.91 Å². The highest BCUT2D eigenvalue weighted by atomic mass is 16.4. The molecule has 1 aliphatic carbocycles. The predicted molar refractivity (Wildman–Crippen MR) is 88.8 cm³/mol. The van der Waals surface area contributed by atoms with Gasteiger partial charge in [0.15, 0.2) is 5.78 Å². The summed E-state index contributed by atoms with van der Waals surface area (Å²) in [6.45, 7) is 6.42. The van der Waals surface area contributed by atoms with E-state index in [2.05, 4.69) is 0 Å². The number of carbonyl (C=O) groups is 3. The molecule has 2 atom stereocenters. The number of benzene rings is 1. The van der Waals surface area contributed by atoms with Crippen molar-refractivity contribution in [1.82, 2.24) is 4.90 Å². The van der Waals surface area contributed by atoms with Crippen molar-refractivity contribution in [1.29, 1.82) is 0 Å². The smallest absolute Gasteiger partial charge is 0.307 e. The number of nitrogens with zero attached hydrogens (tertiary/aromatic N) is 1. The van der Waals surface area contributed by atoms with E-state index < -0.39 is 23.2 Å². The third-order valence-electron chi connectivity index (χ3n) is 5.59. The van der Waals surface area contributed by atoms with Crippen molar-refractivity contribution in [2.24, 2.45) is 17.3 Å². The van der Waals surface area contributed by atoms with Gasteiger partial charge in [-0.2, -0.15) is 0 Å². The van der Waals surface area contributed by atoms with Crippen molar-refractivity contribution >= 4 is 17.7 Å². The van der Waals surface area contributed by atoms with E-state index in [4.69, 9.17) is 0 Å². The van der Waals surface area contributed by atoms with Crippen LogP contribution in [0, 0.1) is 17.3 Å². The van der Waals surface area contributed by atoms with Gasteiger partial charge < -0.3 is 10.0 Å². The van der Waals surface area contributed by atoms with E-state index >= 15 is 0 Å². The minimum Gasteiger partial charge on any atom is -0.481 e. The van der Waals surface area contributed by atoms with Crippen LogP contribution in [0.2, 0.25) is 0 Å². The van der Waals surface area contributed by atoms with E-state index in [0.717, 1.165) is 12.0 Å². The molecule has 1 aliphatic heterocycles. The number of aliphatic carboxylic acids is 1. The maximum Gasteiger partial charge on any atom is 0.307 e. The molecule has 0 unspecified atom stereocenters. The van der Waals surface area contributed by atoms with Gasteiger partial charge in [-0.15, -0.1) is 0 Å². The summed E-state index contributed by atoms with van der Waals surface area (Å²) in [5.41, 5.74) is 2.51. The minimum absolute atomic E-state index is 0.0407.